The molecule has 1 rings (SSSR count). The molecular formula is C7H10NP. The van der Waals surface area contributed by atoms with Crippen LogP contribution >= 0.6 is 9.24 Å². The van der Waals surface area contributed by atoms with Crippen molar-refractivity contribution in [3.05, 3.63) is 23.5 Å². The van der Waals surface area contributed by atoms with Crippen LogP contribution in [-0.4, -0.2) is 4.98 Å². The second kappa shape index (κ2) is 2.45. The lowest BCUT2D eigenvalue weighted by Gasteiger charge is -1.95. The quantitative estimate of drug-likeness (QED) is 0.492. The molecule has 0 aliphatic rings. The van der Waals surface area contributed by atoms with Crippen LogP contribution in [-0.2, 0) is 0 Å². The highest BCUT2D eigenvalue weighted by Gasteiger charge is 1.89. The van der Waals surface area contributed by atoms with E-state index >= 15 is 0 Å². The Kier molecular flexibility index (Phi) is 1.82. The number of aryl methyl sites for hydroxylation is 2. The summed E-state index contributed by atoms with van der Waals surface area (Å²) in [5.41, 5.74) is 2.17. The van der Waals surface area contributed by atoms with Gasteiger partial charge in [0.05, 0.1) is 0 Å². The zero-order valence-electron chi connectivity index (χ0n) is 5.68. The van der Waals surface area contributed by atoms with Gasteiger partial charge in [-0.3, -0.25) is 4.98 Å². The van der Waals surface area contributed by atoms with E-state index in [-0.39, 0.29) is 0 Å². The van der Waals surface area contributed by atoms with Gasteiger partial charge in [0.15, 0.2) is 0 Å². The van der Waals surface area contributed by atoms with Crippen molar-refractivity contribution in [2.75, 3.05) is 0 Å². The van der Waals surface area contributed by atoms with E-state index < -0.39 is 0 Å². The van der Waals surface area contributed by atoms with Gasteiger partial charge in [-0.1, -0.05) is 0 Å². The lowest BCUT2D eigenvalue weighted by molar-refractivity contribution is 1.13. The fourth-order valence-corrected chi connectivity index (χ4v) is 1.35. The summed E-state index contributed by atoms with van der Waals surface area (Å²) in [5, 5.41) is 1.21. The SMILES string of the molecule is Cc1cc(P)cc(C)n1. The van der Waals surface area contributed by atoms with E-state index in [2.05, 4.69) is 14.2 Å². The number of hydrogen-bond acceptors (Lipinski definition) is 1. The Morgan fingerprint density at radius 2 is 1.67 bits per heavy atom. The third kappa shape index (κ3) is 1.76. The molecule has 0 saturated heterocycles. The molecule has 0 radical (unpaired) electrons. The fourth-order valence-electron chi connectivity index (χ4n) is 0.867. The minimum absolute atomic E-state index is 1.08. The molecule has 0 aromatic carbocycles. The molecule has 1 aromatic heterocycles. The van der Waals surface area contributed by atoms with Crippen molar-refractivity contribution < 1.29 is 0 Å². The first-order valence-electron chi connectivity index (χ1n) is 2.89. The predicted molar refractivity (Wildman–Crippen MR) is 43.1 cm³/mol. The smallest absolute Gasteiger partial charge is 0.0382 e. The average Bonchev–Trinajstić information content (AvgIpc) is 1.59. The molecule has 1 atom stereocenters. The van der Waals surface area contributed by atoms with Crippen LogP contribution in [0.5, 0.6) is 0 Å². The van der Waals surface area contributed by atoms with Gasteiger partial charge in [0, 0.05) is 11.4 Å². The Hall–Kier alpha value is -0.420. The van der Waals surface area contributed by atoms with Crippen LogP contribution < -0.4 is 5.30 Å². The summed E-state index contributed by atoms with van der Waals surface area (Å²) in [5.74, 6) is 0. The van der Waals surface area contributed by atoms with E-state index in [1.807, 2.05) is 26.0 Å². The highest BCUT2D eigenvalue weighted by atomic mass is 31.0. The highest BCUT2D eigenvalue weighted by molar-refractivity contribution is 7.27. The van der Waals surface area contributed by atoms with Crippen LogP contribution in [0.3, 0.4) is 0 Å². The van der Waals surface area contributed by atoms with Gasteiger partial charge in [0.2, 0.25) is 0 Å². The molecule has 0 N–H and O–H groups in total. The second-order valence-electron chi connectivity index (χ2n) is 2.18. The molecule has 48 valence electrons. The molecule has 0 fully saturated rings. The van der Waals surface area contributed by atoms with Crippen LogP contribution in [0.4, 0.5) is 0 Å². The van der Waals surface area contributed by atoms with Crippen LogP contribution in [0.15, 0.2) is 12.1 Å². The van der Waals surface area contributed by atoms with Crippen molar-refractivity contribution >= 4 is 14.5 Å². The molecule has 0 aliphatic carbocycles. The topological polar surface area (TPSA) is 12.9 Å². The maximum absolute atomic E-state index is 4.22. The monoisotopic (exact) mass is 139 g/mol. The van der Waals surface area contributed by atoms with Gasteiger partial charge in [-0.25, -0.2) is 0 Å². The molecule has 0 bridgehead atoms. The molecule has 1 heterocycles. The lowest BCUT2D eigenvalue weighted by atomic mass is 10.3. The summed E-state index contributed by atoms with van der Waals surface area (Å²) >= 11 is 0. The molecule has 2 heteroatoms. The lowest BCUT2D eigenvalue weighted by Crippen LogP contribution is -1.95. The van der Waals surface area contributed by atoms with Crippen molar-refractivity contribution in [3.63, 3.8) is 0 Å². The standard InChI is InChI=1S/C7H10NP/c1-5-3-7(9)4-6(2)8-5/h3-4H,9H2,1-2H3. The summed E-state index contributed by atoms with van der Waals surface area (Å²) in [6.45, 7) is 4.00. The van der Waals surface area contributed by atoms with Crippen LogP contribution in [0.1, 0.15) is 11.4 Å². The average molecular weight is 139 g/mol. The molecule has 0 spiro atoms. The molecule has 0 amide bonds. The number of rotatable bonds is 0. The first kappa shape index (κ1) is 6.70. The van der Waals surface area contributed by atoms with Crippen LogP contribution in [0.2, 0.25) is 0 Å². The van der Waals surface area contributed by atoms with E-state index in [0.29, 0.717) is 0 Å². The number of nitrogens with zero attached hydrogens (tertiary/aromatic N) is 1. The number of hydrogen-bond donors (Lipinski definition) is 0. The molecular weight excluding hydrogens is 129 g/mol. The van der Waals surface area contributed by atoms with Gasteiger partial charge in [-0.05, 0) is 31.3 Å². The Morgan fingerprint density at radius 1 is 1.22 bits per heavy atom. The first-order valence-corrected chi connectivity index (χ1v) is 3.47. The van der Waals surface area contributed by atoms with Gasteiger partial charge >= 0.3 is 0 Å². The van der Waals surface area contributed by atoms with Crippen molar-refractivity contribution in [1.82, 2.24) is 4.98 Å². The fraction of sp³-hybridized carbons (Fsp3) is 0.286. The number of pyridine rings is 1. The van der Waals surface area contributed by atoms with Crippen LogP contribution in [0.25, 0.3) is 0 Å². The maximum atomic E-state index is 4.22. The zero-order valence-corrected chi connectivity index (χ0v) is 6.83. The molecule has 1 unspecified atom stereocenters. The molecule has 0 aliphatic heterocycles. The van der Waals surface area contributed by atoms with Crippen molar-refractivity contribution in [2.45, 2.75) is 13.8 Å². The van der Waals surface area contributed by atoms with E-state index in [1.165, 1.54) is 5.30 Å². The summed E-state index contributed by atoms with van der Waals surface area (Å²) in [6.07, 6.45) is 0. The van der Waals surface area contributed by atoms with E-state index in [1.54, 1.807) is 0 Å². The molecule has 9 heavy (non-hydrogen) atoms. The van der Waals surface area contributed by atoms with Crippen molar-refractivity contribution in [1.29, 1.82) is 0 Å². The minimum Gasteiger partial charge on any atom is -0.258 e. The van der Waals surface area contributed by atoms with Gasteiger partial charge < -0.3 is 0 Å². The van der Waals surface area contributed by atoms with E-state index in [0.717, 1.165) is 11.4 Å². The van der Waals surface area contributed by atoms with Gasteiger partial charge in [-0.2, -0.15) is 0 Å². The Bertz CT molecular complexity index is 170. The summed E-state index contributed by atoms with van der Waals surface area (Å²) in [4.78, 5) is 4.22. The molecule has 1 aromatic rings. The van der Waals surface area contributed by atoms with Gasteiger partial charge in [-0.15, -0.1) is 9.24 Å². The Balaban J connectivity index is 3.17. The van der Waals surface area contributed by atoms with Gasteiger partial charge in [0.1, 0.15) is 0 Å². The van der Waals surface area contributed by atoms with Crippen LogP contribution in [0, 0.1) is 13.8 Å². The summed E-state index contributed by atoms with van der Waals surface area (Å²) < 4.78 is 0. The van der Waals surface area contributed by atoms with E-state index in [9.17, 15) is 0 Å². The first-order chi connectivity index (χ1) is 4.18. The normalized spacial score (nSPS) is 9.67. The van der Waals surface area contributed by atoms with Crippen molar-refractivity contribution in [3.8, 4) is 0 Å². The number of aromatic nitrogens is 1. The van der Waals surface area contributed by atoms with Gasteiger partial charge in [0.25, 0.3) is 0 Å². The Labute approximate surface area is 57.7 Å². The third-order valence-corrected chi connectivity index (χ3v) is 1.44. The van der Waals surface area contributed by atoms with E-state index in [4.69, 9.17) is 0 Å². The largest absolute Gasteiger partial charge is 0.258 e. The maximum Gasteiger partial charge on any atom is 0.0382 e. The Morgan fingerprint density at radius 3 is 2.00 bits per heavy atom. The summed E-state index contributed by atoms with van der Waals surface area (Å²) in [6, 6.07) is 4.08. The predicted octanol–water partition coefficient (Wildman–Crippen LogP) is 1.20. The highest BCUT2D eigenvalue weighted by Crippen LogP contribution is 1.96. The molecule has 0 saturated carbocycles. The summed E-state index contributed by atoms with van der Waals surface area (Å²) in [7, 11) is 2.66. The van der Waals surface area contributed by atoms with Crippen molar-refractivity contribution in [2.24, 2.45) is 0 Å². The third-order valence-electron chi connectivity index (χ3n) is 1.10. The second-order valence-corrected chi connectivity index (χ2v) is 2.85. The zero-order chi connectivity index (χ0) is 6.85. The molecule has 1 nitrogen and oxygen atoms in total. The minimum atomic E-state index is 1.08.